The predicted molar refractivity (Wildman–Crippen MR) is 82.8 cm³/mol. The van der Waals surface area contributed by atoms with E-state index in [1.807, 2.05) is 0 Å². The fraction of sp³-hybridized carbons (Fsp3) is 0.889. The van der Waals surface area contributed by atoms with Gasteiger partial charge in [0.2, 0.25) is 5.91 Å². The minimum atomic E-state index is -0.594. The van der Waals surface area contributed by atoms with Gasteiger partial charge in [-0.25, -0.2) is 0 Å². The van der Waals surface area contributed by atoms with Gasteiger partial charge in [-0.05, 0) is 74.5 Å². The molecule has 4 bridgehead atoms. The van der Waals surface area contributed by atoms with Crippen molar-refractivity contribution in [2.75, 3.05) is 0 Å². The van der Waals surface area contributed by atoms with Crippen molar-refractivity contribution >= 4 is 5.91 Å². The third-order valence-electron chi connectivity index (χ3n) is 7.51. The number of piperidine rings is 1. The van der Waals surface area contributed by atoms with E-state index in [9.17, 15) is 15.2 Å². The van der Waals surface area contributed by atoms with Crippen molar-refractivity contribution in [2.45, 2.75) is 75.1 Å². The number of nitrogens with two attached hydrogens (primary N) is 1. The van der Waals surface area contributed by atoms with Crippen molar-refractivity contribution in [3.63, 3.8) is 0 Å². The largest absolute Gasteiger partial charge is 0.390 e. The van der Waals surface area contributed by atoms with Crippen LogP contribution < -0.4 is 5.73 Å². The summed E-state index contributed by atoms with van der Waals surface area (Å²) < 4.78 is 0. The third-order valence-corrected chi connectivity index (χ3v) is 7.51. The summed E-state index contributed by atoms with van der Waals surface area (Å²) >= 11 is 0. The predicted octanol–water partition coefficient (Wildman–Crippen LogP) is 1.16. The van der Waals surface area contributed by atoms with E-state index in [1.54, 1.807) is 4.90 Å². The molecule has 0 aromatic heterocycles. The molecule has 6 rings (SSSR count). The monoisotopic (exact) mass is 315 g/mol. The van der Waals surface area contributed by atoms with Gasteiger partial charge in [-0.2, -0.15) is 5.26 Å². The van der Waals surface area contributed by atoms with Crippen LogP contribution in [0.4, 0.5) is 0 Å². The molecule has 23 heavy (non-hydrogen) atoms. The molecule has 0 aromatic carbocycles. The molecule has 0 radical (unpaired) electrons. The van der Waals surface area contributed by atoms with E-state index in [2.05, 4.69) is 6.07 Å². The van der Waals surface area contributed by atoms with Crippen molar-refractivity contribution in [3.8, 4) is 6.07 Å². The van der Waals surface area contributed by atoms with Gasteiger partial charge in [0.15, 0.2) is 0 Å². The fourth-order valence-electron chi connectivity index (χ4n) is 6.96. The van der Waals surface area contributed by atoms with E-state index in [0.717, 1.165) is 38.5 Å². The van der Waals surface area contributed by atoms with Gasteiger partial charge in [0, 0.05) is 6.04 Å². The highest BCUT2D eigenvalue weighted by atomic mass is 16.3. The molecule has 0 spiro atoms. The molecule has 5 heteroatoms. The smallest absolute Gasteiger partial charge is 0.241 e. The lowest BCUT2D eigenvalue weighted by Gasteiger charge is -2.61. The molecule has 5 nitrogen and oxygen atoms in total. The lowest BCUT2D eigenvalue weighted by Crippen LogP contribution is -2.64. The molecule has 1 aliphatic heterocycles. The van der Waals surface area contributed by atoms with Gasteiger partial charge in [0.25, 0.3) is 0 Å². The molecule has 5 aliphatic carbocycles. The van der Waals surface area contributed by atoms with Crippen LogP contribution in [0.5, 0.6) is 0 Å². The van der Waals surface area contributed by atoms with Crippen molar-refractivity contribution in [1.29, 1.82) is 5.26 Å². The molecule has 1 heterocycles. The Hall–Kier alpha value is -1.12. The molecule has 6 atom stereocenters. The minimum Gasteiger partial charge on any atom is -0.390 e. The summed E-state index contributed by atoms with van der Waals surface area (Å²) in [4.78, 5) is 14.9. The Morgan fingerprint density at radius 3 is 2.52 bits per heavy atom. The van der Waals surface area contributed by atoms with Crippen molar-refractivity contribution in [2.24, 2.45) is 28.9 Å². The van der Waals surface area contributed by atoms with Gasteiger partial charge in [0.05, 0.1) is 17.7 Å². The zero-order chi connectivity index (χ0) is 16.0. The van der Waals surface area contributed by atoms with Gasteiger partial charge in [-0.15, -0.1) is 0 Å². The van der Waals surface area contributed by atoms with Crippen molar-refractivity contribution in [3.05, 3.63) is 0 Å². The third kappa shape index (κ3) is 1.88. The maximum Gasteiger partial charge on any atom is 0.241 e. The Bertz CT molecular complexity index is 598. The first-order valence-electron chi connectivity index (χ1n) is 9.13. The number of carbonyl (C=O) groups is 1. The molecule has 6 aliphatic rings. The Morgan fingerprint density at radius 2 is 1.91 bits per heavy atom. The van der Waals surface area contributed by atoms with E-state index in [-0.39, 0.29) is 23.4 Å². The maximum absolute atomic E-state index is 13.1. The van der Waals surface area contributed by atoms with Crippen LogP contribution in [0.2, 0.25) is 0 Å². The molecule has 1 saturated heterocycles. The zero-order valence-electron chi connectivity index (χ0n) is 13.4. The number of hydrogen-bond acceptors (Lipinski definition) is 4. The number of amides is 1. The Morgan fingerprint density at radius 1 is 1.22 bits per heavy atom. The number of nitrogens with zero attached hydrogens (tertiary/aromatic N) is 2. The molecule has 1 amide bonds. The van der Waals surface area contributed by atoms with Crippen LogP contribution in [0.15, 0.2) is 0 Å². The maximum atomic E-state index is 13.1. The number of likely N-dealkylation sites (tertiary alicyclic amines) is 1. The molecular weight excluding hydrogens is 290 g/mol. The first-order chi connectivity index (χ1) is 10.9. The second kappa shape index (κ2) is 4.29. The average Bonchev–Trinajstić information content (AvgIpc) is 3.14. The summed E-state index contributed by atoms with van der Waals surface area (Å²) in [5, 5.41) is 20.2. The van der Waals surface area contributed by atoms with Crippen LogP contribution in [0, 0.1) is 34.5 Å². The van der Waals surface area contributed by atoms with Gasteiger partial charge in [0.1, 0.15) is 6.04 Å². The number of hydrogen-bond donors (Lipinski definition) is 2. The van der Waals surface area contributed by atoms with Gasteiger partial charge >= 0.3 is 0 Å². The van der Waals surface area contributed by atoms with E-state index in [4.69, 9.17) is 5.73 Å². The first kappa shape index (κ1) is 14.2. The Kier molecular flexibility index (Phi) is 2.65. The van der Waals surface area contributed by atoms with Crippen LogP contribution in [0.3, 0.4) is 0 Å². The molecule has 124 valence electrons. The molecule has 0 aromatic rings. The second-order valence-electron chi connectivity index (χ2n) is 9.21. The van der Waals surface area contributed by atoms with Crippen LogP contribution in [0.25, 0.3) is 0 Å². The summed E-state index contributed by atoms with van der Waals surface area (Å²) in [7, 11) is 0. The van der Waals surface area contributed by atoms with Gasteiger partial charge in [-0.3, -0.25) is 4.79 Å². The standard InChI is InChI=1S/C18H25N3O2/c19-8-13-2-12-3-14(12)21(13)16(22)15(20)17-4-10-1-11(5-17)7-18(23,6-10)9-17/h10-15,23H,1-7,9,20H2/t10?,11?,12-,13+,14+,15?,17?,18?/m1/s1. The summed E-state index contributed by atoms with van der Waals surface area (Å²) in [5.41, 5.74) is 5.71. The lowest BCUT2D eigenvalue weighted by molar-refractivity contribution is -0.177. The number of nitriles is 1. The Balaban J connectivity index is 1.43. The number of fused-ring (bicyclic) bond motifs is 1. The first-order valence-corrected chi connectivity index (χ1v) is 9.13. The molecule has 3 unspecified atom stereocenters. The molecule has 5 saturated carbocycles. The average molecular weight is 315 g/mol. The van der Waals surface area contributed by atoms with Crippen LogP contribution >= 0.6 is 0 Å². The van der Waals surface area contributed by atoms with Gasteiger partial charge in [-0.1, -0.05) is 0 Å². The topological polar surface area (TPSA) is 90.4 Å². The highest BCUT2D eigenvalue weighted by Gasteiger charge is 2.62. The quantitative estimate of drug-likeness (QED) is 0.800. The van der Waals surface area contributed by atoms with Gasteiger partial charge < -0.3 is 15.7 Å². The van der Waals surface area contributed by atoms with E-state index >= 15 is 0 Å². The SMILES string of the molecule is N#C[C@@H]1C[C@@H]2C[C@@H]2N1C(=O)C(N)C12CC3CC(CC(O)(C3)C1)C2. The number of carbonyl (C=O) groups excluding carboxylic acids is 1. The van der Waals surface area contributed by atoms with Crippen molar-refractivity contribution in [1.82, 2.24) is 4.90 Å². The fourth-order valence-corrected chi connectivity index (χ4v) is 6.96. The van der Waals surface area contributed by atoms with Crippen LogP contribution in [0.1, 0.15) is 51.4 Å². The van der Waals surface area contributed by atoms with Crippen LogP contribution in [-0.2, 0) is 4.79 Å². The minimum absolute atomic E-state index is 0.0212. The number of aliphatic hydroxyl groups is 1. The van der Waals surface area contributed by atoms with Crippen LogP contribution in [-0.4, -0.2) is 39.6 Å². The zero-order valence-corrected chi connectivity index (χ0v) is 13.4. The summed E-state index contributed by atoms with van der Waals surface area (Å²) in [6.45, 7) is 0. The summed E-state index contributed by atoms with van der Waals surface area (Å²) in [6, 6.07) is 1.72. The lowest BCUT2D eigenvalue weighted by atomic mass is 9.46. The number of rotatable bonds is 2. The Labute approximate surface area is 136 Å². The van der Waals surface area contributed by atoms with E-state index in [1.165, 1.54) is 6.42 Å². The summed E-state index contributed by atoms with van der Waals surface area (Å²) in [5.74, 6) is 1.56. The normalized spacial score (nSPS) is 53.8. The molecular formula is C18H25N3O2. The van der Waals surface area contributed by atoms with E-state index < -0.39 is 11.6 Å². The van der Waals surface area contributed by atoms with E-state index in [0.29, 0.717) is 24.2 Å². The molecule has 3 N–H and O–H groups in total. The van der Waals surface area contributed by atoms with Crippen molar-refractivity contribution < 1.29 is 9.90 Å². The second-order valence-corrected chi connectivity index (χ2v) is 9.21. The summed E-state index contributed by atoms with van der Waals surface area (Å²) in [6.07, 6.45) is 7.48. The molecule has 6 fully saturated rings. The highest BCUT2D eigenvalue weighted by molar-refractivity contribution is 5.84. The highest BCUT2D eigenvalue weighted by Crippen LogP contribution is 2.63.